The summed E-state index contributed by atoms with van der Waals surface area (Å²) in [5.74, 6) is 1.96. The first-order valence-corrected chi connectivity index (χ1v) is 8.22. The molecule has 0 aliphatic heterocycles. The molecule has 0 amide bonds. The van der Waals surface area contributed by atoms with Gasteiger partial charge in [0.1, 0.15) is 5.76 Å². The summed E-state index contributed by atoms with van der Waals surface area (Å²) in [6, 6.07) is 2.29. The van der Waals surface area contributed by atoms with E-state index in [1.165, 1.54) is 6.07 Å². The molecule has 4 rings (SSSR count). The van der Waals surface area contributed by atoms with Crippen LogP contribution in [0.5, 0.6) is 0 Å². The van der Waals surface area contributed by atoms with E-state index in [1.807, 2.05) is 0 Å². The fourth-order valence-corrected chi connectivity index (χ4v) is 3.03. The van der Waals surface area contributed by atoms with Crippen molar-refractivity contribution in [1.29, 1.82) is 0 Å². The van der Waals surface area contributed by atoms with Crippen LogP contribution in [0.1, 0.15) is 41.8 Å². The average Bonchev–Trinajstić information content (AvgIpc) is 3.20. The Morgan fingerprint density at radius 3 is 2.77 bits per heavy atom. The number of hydrogen-bond donors (Lipinski definition) is 0. The molecule has 9 heteroatoms. The van der Waals surface area contributed by atoms with Crippen molar-refractivity contribution < 1.29 is 22.2 Å². The Labute approximate surface area is 146 Å². The lowest BCUT2D eigenvalue weighted by atomic mass is 9.88. The summed E-state index contributed by atoms with van der Waals surface area (Å²) >= 11 is 0. The second kappa shape index (κ2) is 6.22. The van der Waals surface area contributed by atoms with Crippen molar-refractivity contribution in [2.24, 2.45) is 5.92 Å². The summed E-state index contributed by atoms with van der Waals surface area (Å²) in [4.78, 5) is 8.11. The lowest BCUT2D eigenvalue weighted by Gasteiger charge is -2.15. The lowest BCUT2D eigenvalue weighted by Crippen LogP contribution is -2.09. The summed E-state index contributed by atoms with van der Waals surface area (Å²) in [5.41, 5.74) is 1.16. The number of aryl methyl sites for hydroxylation is 1. The maximum atomic E-state index is 12.6. The average molecular weight is 364 g/mol. The topological polar surface area (TPSA) is 77.8 Å². The first-order valence-electron chi connectivity index (χ1n) is 8.22. The van der Waals surface area contributed by atoms with Gasteiger partial charge in [-0.25, -0.2) is 0 Å². The molecule has 3 aromatic heterocycles. The molecule has 6 nitrogen and oxygen atoms in total. The summed E-state index contributed by atoms with van der Waals surface area (Å²) < 4.78 is 48.4. The van der Waals surface area contributed by atoms with Gasteiger partial charge in [-0.15, -0.1) is 0 Å². The number of rotatable bonds is 3. The van der Waals surface area contributed by atoms with Gasteiger partial charge in [0.2, 0.25) is 0 Å². The van der Waals surface area contributed by atoms with Gasteiger partial charge in [0.05, 0.1) is 12.0 Å². The standard InChI is InChI=1S/C17H15F3N4O2/c1-9-2-5-13-12(6-9)15(24-25-13)16-22-14(23-26-16)7-11-4-3-10(8-21-11)17(18,19)20/h3-4,8-9H,2,5-7H2,1H3. The highest BCUT2D eigenvalue weighted by Crippen LogP contribution is 2.33. The molecule has 0 saturated heterocycles. The van der Waals surface area contributed by atoms with Crippen molar-refractivity contribution in [2.45, 2.75) is 38.8 Å². The van der Waals surface area contributed by atoms with E-state index >= 15 is 0 Å². The monoisotopic (exact) mass is 364 g/mol. The quantitative estimate of drug-likeness (QED) is 0.702. The molecule has 0 spiro atoms. The fourth-order valence-electron chi connectivity index (χ4n) is 3.03. The van der Waals surface area contributed by atoms with Gasteiger partial charge in [-0.2, -0.15) is 18.2 Å². The zero-order valence-corrected chi connectivity index (χ0v) is 13.9. The molecule has 0 N–H and O–H groups in total. The van der Waals surface area contributed by atoms with Gasteiger partial charge in [-0.1, -0.05) is 17.2 Å². The minimum Gasteiger partial charge on any atom is -0.360 e. The van der Waals surface area contributed by atoms with Crippen molar-refractivity contribution in [1.82, 2.24) is 20.3 Å². The molecule has 0 saturated carbocycles. The Kier molecular flexibility index (Phi) is 4.01. The number of aromatic nitrogens is 4. The molecule has 1 atom stereocenters. The molecule has 0 bridgehead atoms. The van der Waals surface area contributed by atoms with E-state index in [2.05, 4.69) is 27.2 Å². The number of hydrogen-bond acceptors (Lipinski definition) is 6. The molecule has 3 heterocycles. The Balaban J connectivity index is 1.53. The largest absolute Gasteiger partial charge is 0.417 e. The number of nitrogens with zero attached hydrogens (tertiary/aromatic N) is 4. The van der Waals surface area contributed by atoms with Crippen LogP contribution < -0.4 is 0 Å². The van der Waals surface area contributed by atoms with E-state index in [4.69, 9.17) is 9.05 Å². The van der Waals surface area contributed by atoms with Crippen LogP contribution in [0.4, 0.5) is 13.2 Å². The normalized spacial score (nSPS) is 17.3. The van der Waals surface area contributed by atoms with Crippen molar-refractivity contribution in [3.05, 3.63) is 46.7 Å². The molecule has 0 radical (unpaired) electrons. The van der Waals surface area contributed by atoms with Crippen LogP contribution in [0.25, 0.3) is 11.6 Å². The van der Waals surface area contributed by atoms with Crippen LogP contribution >= 0.6 is 0 Å². The van der Waals surface area contributed by atoms with E-state index in [0.29, 0.717) is 23.1 Å². The number of alkyl halides is 3. The third-order valence-electron chi connectivity index (χ3n) is 4.45. The van der Waals surface area contributed by atoms with Crippen LogP contribution in [0.3, 0.4) is 0 Å². The van der Waals surface area contributed by atoms with E-state index in [1.54, 1.807) is 0 Å². The molecular formula is C17H15F3N4O2. The molecule has 1 unspecified atom stereocenters. The maximum absolute atomic E-state index is 12.6. The minimum atomic E-state index is -4.41. The highest BCUT2D eigenvalue weighted by atomic mass is 19.4. The Morgan fingerprint density at radius 1 is 1.19 bits per heavy atom. The zero-order chi connectivity index (χ0) is 18.3. The predicted molar refractivity (Wildman–Crippen MR) is 83.0 cm³/mol. The number of pyridine rings is 1. The first-order chi connectivity index (χ1) is 12.4. The molecule has 1 aliphatic rings. The highest BCUT2D eigenvalue weighted by molar-refractivity contribution is 5.54. The molecular weight excluding hydrogens is 349 g/mol. The molecule has 26 heavy (non-hydrogen) atoms. The van der Waals surface area contributed by atoms with Gasteiger partial charge in [-0.3, -0.25) is 4.98 Å². The molecule has 136 valence electrons. The van der Waals surface area contributed by atoms with Gasteiger partial charge >= 0.3 is 6.18 Å². The number of halogens is 3. The van der Waals surface area contributed by atoms with Crippen molar-refractivity contribution >= 4 is 0 Å². The van der Waals surface area contributed by atoms with Crippen LogP contribution in [0, 0.1) is 5.92 Å². The van der Waals surface area contributed by atoms with Crippen LogP contribution in [0.15, 0.2) is 27.4 Å². The van der Waals surface area contributed by atoms with Gasteiger partial charge in [0, 0.05) is 23.9 Å². The predicted octanol–water partition coefficient (Wildman–Crippen LogP) is 3.85. The second-order valence-electron chi connectivity index (χ2n) is 6.51. The van der Waals surface area contributed by atoms with E-state index in [9.17, 15) is 13.2 Å². The third kappa shape index (κ3) is 3.21. The summed E-state index contributed by atoms with van der Waals surface area (Å²) in [6.45, 7) is 2.16. The zero-order valence-electron chi connectivity index (χ0n) is 13.9. The fraction of sp³-hybridized carbons (Fsp3) is 0.412. The summed E-state index contributed by atoms with van der Waals surface area (Å²) in [6.07, 6.45) is -0.722. The second-order valence-corrected chi connectivity index (χ2v) is 6.51. The summed E-state index contributed by atoms with van der Waals surface area (Å²) in [5, 5.41) is 7.93. The first kappa shape index (κ1) is 16.7. The molecule has 0 aromatic carbocycles. The van der Waals surface area contributed by atoms with E-state index in [-0.39, 0.29) is 12.3 Å². The third-order valence-corrected chi connectivity index (χ3v) is 4.45. The Morgan fingerprint density at radius 2 is 2.04 bits per heavy atom. The molecule has 1 aliphatic carbocycles. The maximum Gasteiger partial charge on any atom is 0.417 e. The van der Waals surface area contributed by atoms with Crippen LogP contribution in [0.2, 0.25) is 0 Å². The minimum absolute atomic E-state index is 0.165. The van der Waals surface area contributed by atoms with Crippen molar-refractivity contribution in [3.63, 3.8) is 0 Å². The van der Waals surface area contributed by atoms with Crippen molar-refractivity contribution in [3.8, 4) is 11.6 Å². The Bertz CT molecular complexity index is 915. The van der Waals surface area contributed by atoms with Gasteiger partial charge in [0.25, 0.3) is 5.89 Å². The van der Waals surface area contributed by atoms with E-state index in [0.717, 1.165) is 42.8 Å². The van der Waals surface area contributed by atoms with Gasteiger partial charge in [-0.05, 0) is 30.9 Å². The van der Waals surface area contributed by atoms with Crippen LogP contribution in [-0.2, 0) is 25.4 Å². The van der Waals surface area contributed by atoms with Crippen molar-refractivity contribution in [2.75, 3.05) is 0 Å². The molecule has 3 aromatic rings. The highest BCUT2D eigenvalue weighted by Gasteiger charge is 2.31. The van der Waals surface area contributed by atoms with Gasteiger partial charge < -0.3 is 9.05 Å². The van der Waals surface area contributed by atoms with E-state index < -0.39 is 11.7 Å². The van der Waals surface area contributed by atoms with Gasteiger partial charge in [0.15, 0.2) is 11.5 Å². The van der Waals surface area contributed by atoms with Crippen LogP contribution in [-0.4, -0.2) is 20.3 Å². The lowest BCUT2D eigenvalue weighted by molar-refractivity contribution is -0.137. The number of fused-ring (bicyclic) bond motifs is 1. The summed E-state index contributed by atoms with van der Waals surface area (Å²) in [7, 11) is 0. The SMILES string of the molecule is CC1CCc2onc(-c3nc(Cc4ccc(C(F)(F)F)cn4)no3)c2C1. The smallest absolute Gasteiger partial charge is 0.360 e. The Hall–Kier alpha value is -2.71. The molecule has 0 fully saturated rings.